The maximum Gasteiger partial charge on any atom is 0.252 e. The van der Waals surface area contributed by atoms with Crippen LogP contribution in [0, 0.1) is 5.41 Å². The molecule has 1 spiro atoms. The monoisotopic (exact) mass is 488 g/mol. The molecule has 1 atom stereocenters. The number of Topliss-reactive ketones (excluding diaryl/α,β-unsaturated/α-hetero) is 1. The van der Waals surface area contributed by atoms with Crippen LogP contribution >= 0.6 is 0 Å². The number of hydrogen-bond acceptors (Lipinski definition) is 6. The first kappa shape index (κ1) is 23.4. The molecule has 1 aromatic carbocycles. The van der Waals surface area contributed by atoms with Crippen LogP contribution in [0.5, 0.6) is 0 Å². The number of primary amides is 1. The number of fused-ring (bicyclic) bond motifs is 3. The van der Waals surface area contributed by atoms with Gasteiger partial charge >= 0.3 is 0 Å². The zero-order valence-electron chi connectivity index (χ0n) is 21.3. The van der Waals surface area contributed by atoms with Crippen LogP contribution in [0.3, 0.4) is 0 Å². The van der Waals surface area contributed by atoms with Gasteiger partial charge in [-0.3, -0.25) is 19.2 Å². The number of likely N-dealkylation sites (tertiary alicyclic amines) is 1. The fourth-order valence-electron chi connectivity index (χ4n) is 6.73. The Kier molecular flexibility index (Phi) is 5.76. The lowest BCUT2D eigenvalue weighted by Crippen LogP contribution is -2.54. The van der Waals surface area contributed by atoms with Crippen molar-refractivity contribution in [1.82, 2.24) is 19.9 Å². The van der Waals surface area contributed by atoms with Crippen molar-refractivity contribution in [3.05, 3.63) is 41.7 Å². The molecule has 1 amide bonds. The fraction of sp³-hybridized carbons (Fsp3) is 0.536. The van der Waals surface area contributed by atoms with E-state index in [1.54, 1.807) is 6.20 Å². The van der Waals surface area contributed by atoms with E-state index < -0.39 is 5.91 Å². The van der Waals surface area contributed by atoms with E-state index in [1.165, 1.54) is 5.56 Å². The second-order valence-electron chi connectivity index (χ2n) is 11.2. The first-order valence-corrected chi connectivity index (χ1v) is 13.3. The number of carbonyl (C=O) groups excluding carboxylic acids is 2. The van der Waals surface area contributed by atoms with Gasteiger partial charge in [-0.1, -0.05) is 12.1 Å². The Labute approximate surface area is 211 Å². The Bertz CT molecular complexity index is 1330. The van der Waals surface area contributed by atoms with E-state index in [-0.39, 0.29) is 5.41 Å². The number of ketones is 1. The normalized spacial score (nSPS) is 24.1. The van der Waals surface area contributed by atoms with Crippen molar-refractivity contribution in [2.24, 2.45) is 11.1 Å². The van der Waals surface area contributed by atoms with Gasteiger partial charge in [-0.25, -0.2) is 0 Å². The molecule has 3 N–H and O–H groups in total. The third-order valence-electron chi connectivity index (χ3n) is 8.87. The Hall–Kier alpha value is -2.97. The molecular formula is C28H36N6O2. The average Bonchev–Trinajstić information content (AvgIpc) is 3.48. The molecule has 8 nitrogen and oxygen atoms in total. The fourth-order valence-corrected chi connectivity index (χ4v) is 6.73. The van der Waals surface area contributed by atoms with Crippen molar-refractivity contribution >= 4 is 33.5 Å². The zero-order valence-corrected chi connectivity index (χ0v) is 21.3. The first-order chi connectivity index (χ1) is 17.4. The summed E-state index contributed by atoms with van der Waals surface area (Å²) in [6, 6.07) is 7.33. The van der Waals surface area contributed by atoms with Crippen LogP contribution in [-0.4, -0.2) is 71.6 Å². The van der Waals surface area contributed by atoms with Crippen molar-refractivity contribution in [3.8, 4) is 0 Å². The molecule has 3 aliphatic rings. The lowest BCUT2D eigenvalue weighted by atomic mass is 9.78. The molecule has 0 radical (unpaired) electrons. The van der Waals surface area contributed by atoms with Gasteiger partial charge in [0.05, 0.1) is 22.0 Å². The number of carbonyl (C=O) groups is 2. The summed E-state index contributed by atoms with van der Waals surface area (Å²) in [6.07, 6.45) is 7.06. The maximum absolute atomic E-state index is 13.0. The van der Waals surface area contributed by atoms with Crippen molar-refractivity contribution in [3.63, 3.8) is 0 Å². The SMILES string of the molecule is CC(C)N1CCC(c2ccc3c4cncc(C(N)=O)c4n(N4CCC(=O)C5(CCNC5)C4)c3c2)CC1. The number of hydrogen-bond donors (Lipinski definition) is 2. The average molecular weight is 489 g/mol. The quantitative estimate of drug-likeness (QED) is 0.586. The number of nitrogens with one attached hydrogen (secondary N) is 1. The highest BCUT2D eigenvalue weighted by atomic mass is 16.1. The summed E-state index contributed by atoms with van der Waals surface area (Å²) in [4.78, 5) is 32.4. The van der Waals surface area contributed by atoms with Crippen LogP contribution in [0.25, 0.3) is 21.8 Å². The van der Waals surface area contributed by atoms with E-state index in [0.717, 1.165) is 60.7 Å². The number of nitrogens with two attached hydrogens (primary N) is 1. The molecule has 8 heteroatoms. The Morgan fingerprint density at radius 3 is 2.67 bits per heavy atom. The van der Waals surface area contributed by atoms with Crippen LogP contribution in [0.15, 0.2) is 30.6 Å². The van der Waals surface area contributed by atoms with Crippen molar-refractivity contribution in [1.29, 1.82) is 0 Å². The van der Waals surface area contributed by atoms with Gasteiger partial charge in [-0.05, 0) is 70.3 Å². The van der Waals surface area contributed by atoms with Crippen molar-refractivity contribution < 1.29 is 9.59 Å². The van der Waals surface area contributed by atoms with Crippen LogP contribution in [-0.2, 0) is 4.79 Å². The van der Waals surface area contributed by atoms with Crippen LogP contribution in [0.4, 0.5) is 0 Å². The van der Waals surface area contributed by atoms with Gasteiger partial charge in [0.15, 0.2) is 0 Å². The van der Waals surface area contributed by atoms with Gasteiger partial charge in [0.25, 0.3) is 5.91 Å². The van der Waals surface area contributed by atoms with Crippen molar-refractivity contribution in [2.45, 2.75) is 51.5 Å². The second-order valence-corrected chi connectivity index (χ2v) is 11.2. The predicted molar refractivity (Wildman–Crippen MR) is 142 cm³/mol. The summed E-state index contributed by atoms with van der Waals surface area (Å²) < 4.78 is 2.19. The number of piperidine rings is 2. The minimum absolute atomic E-state index is 0.346. The number of benzene rings is 1. The van der Waals surface area contributed by atoms with E-state index in [9.17, 15) is 9.59 Å². The highest BCUT2D eigenvalue weighted by molar-refractivity contribution is 6.15. The smallest absolute Gasteiger partial charge is 0.252 e. The molecule has 1 unspecified atom stereocenters. The van der Waals surface area contributed by atoms with Gasteiger partial charge in [0.1, 0.15) is 5.78 Å². The molecule has 36 heavy (non-hydrogen) atoms. The molecule has 0 saturated carbocycles. The lowest BCUT2D eigenvalue weighted by Gasteiger charge is -2.41. The molecule has 3 fully saturated rings. The van der Waals surface area contributed by atoms with Gasteiger partial charge in [0.2, 0.25) is 0 Å². The van der Waals surface area contributed by atoms with Gasteiger partial charge in [0, 0.05) is 55.3 Å². The highest BCUT2D eigenvalue weighted by Crippen LogP contribution is 2.38. The third kappa shape index (κ3) is 3.69. The van der Waals surface area contributed by atoms with Gasteiger partial charge in [-0.2, -0.15) is 0 Å². The van der Waals surface area contributed by atoms with E-state index in [2.05, 4.69) is 56.9 Å². The molecule has 0 aliphatic carbocycles. The Morgan fingerprint density at radius 1 is 1.17 bits per heavy atom. The Balaban J connectivity index is 1.49. The second kappa shape index (κ2) is 8.85. The largest absolute Gasteiger partial charge is 0.365 e. The minimum atomic E-state index is -0.483. The Morgan fingerprint density at radius 2 is 1.97 bits per heavy atom. The molecule has 5 heterocycles. The predicted octanol–water partition coefficient (Wildman–Crippen LogP) is 2.77. The topological polar surface area (TPSA) is 96.5 Å². The molecule has 3 saturated heterocycles. The molecular weight excluding hydrogens is 452 g/mol. The number of rotatable bonds is 4. The zero-order chi connectivity index (χ0) is 25.0. The van der Waals surface area contributed by atoms with Gasteiger partial charge < -0.3 is 21.0 Å². The maximum atomic E-state index is 13.0. The number of pyridine rings is 1. The van der Waals surface area contributed by atoms with Crippen LogP contribution in [0.1, 0.15) is 61.4 Å². The van der Waals surface area contributed by atoms with E-state index >= 15 is 0 Å². The molecule has 3 aromatic rings. The minimum Gasteiger partial charge on any atom is -0.365 e. The van der Waals surface area contributed by atoms with Crippen LogP contribution < -0.4 is 16.1 Å². The standard InChI is InChI=1S/C28H36N6O2/c1-18(2)32-10-5-19(6-11-32)20-3-4-21-22-14-31-15-23(27(29)36)26(22)34(24(21)13-20)33-12-7-25(35)28(17-33)8-9-30-16-28/h3-4,13-15,18-19,30H,5-12,16-17H2,1-2H3,(H2,29,36). The summed E-state index contributed by atoms with van der Waals surface area (Å²) in [5, 5.41) is 7.67. The van der Waals surface area contributed by atoms with Crippen molar-refractivity contribution in [2.75, 3.05) is 44.3 Å². The summed E-state index contributed by atoms with van der Waals surface area (Å²) in [7, 11) is 0. The lowest BCUT2D eigenvalue weighted by molar-refractivity contribution is -0.128. The molecule has 3 aliphatic heterocycles. The number of aromatic nitrogens is 2. The van der Waals surface area contributed by atoms with Crippen LogP contribution in [0.2, 0.25) is 0 Å². The first-order valence-electron chi connectivity index (χ1n) is 13.3. The van der Waals surface area contributed by atoms with E-state index in [4.69, 9.17) is 5.73 Å². The van der Waals surface area contributed by atoms with E-state index in [1.807, 2.05) is 6.20 Å². The van der Waals surface area contributed by atoms with E-state index in [0.29, 0.717) is 49.4 Å². The summed E-state index contributed by atoms with van der Waals surface area (Å²) in [5.41, 5.74) is 9.10. The summed E-state index contributed by atoms with van der Waals surface area (Å²) in [6.45, 7) is 9.60. The highest BCUT2D eigenvalue weighted by Gasteiger charge is 2.45. The molecule has 190 valence electrons. The molecule has 2 aromatic heterocycles. The summed E-state index contributed by atoms with van der Waals surface area (Å²) >= 11 is 0. The molecule has 6 rings (SSSR count). The van der Waals surface area contributed by atoms with Gasteiger partial charge in [-0.15, -0.1) is 0 Å². The molecule has 0 bridgehead atoms. The number of nitrogens with zero attached hydrogens (tertiary/aromatic N) is 4. The third-order valence-corrected chi connectivity index (χ3v) is 8.87. The number of amides is 1. The summed E-state index contributed by atoms with van der Waals surface area (Å²) in [5.74, 6) is 0.376.